The summed E-state index contributed by atoms with van der Waals surface area (Å²) in [7, 11) is 1.71. The van der Waals surface area contributed by atoms with Crippen molar-refractivity contribution >= 4 is 29.9 Å². The molecule has 166 valence electrons. The first kappa shape index (κ1) is 25.9. The molecule has 3 unspecified atom stereocenters. The number of methoxy groups -OCH3 is 1. The number of likely N-dealkylation sites (tertiary alicyclic amines) is 1. The summed E-state index contributed by atoms with van der Waals surface area (Å²) in [5.41, 5.74) is 0.164. The van der Waals surface area contributed by atoms with E-state index in [2.05, 4.69) is 37.9 Å². The molecule has 0 aliphatic carbocycles. The number of ether oxygens (including phenoxy) is 3. The molecule has 28 heavy (non-hydrogen) atoms. The van der Waals surface area contributed by atoms with Crippen molar-refractivity contribution in [2.24, 2.45) is 22.2 Å². The van der Waals surface area contributed by atoms with Gasteiger partial charge in [-0.2, -0.15) is 0 Å². The van der Waals surface area contributed by atoms with E-state index in [-0.39, 0.29) is 29.4 Å². The summed E-state index contributed by atoms with van der Waals surface area (Å²) in [5.74, 6) is 2.13. The summed E-state index contributed by atoms with van der Waals surface area (Å²) in [6.07, 6.45) is 3.81. The van der Waals surface area contributed by atoms with Gasteiger partial charge in [0.1, 0.15) is 0 Å². The molecule has 0 aromatic carbocycles. The molecule has 1 N–H and O–H groups in total. The highest BCUT2D eigenvalue weighted by atomic mass is 127. The Balaban J connectivity index is 0.00000392. The number of rotatable bonds is 8. The third kappa shape index (κ3) is 8.32. The highest BCUT2D eigenvalue weighted by Crippen LogP contribution is 2.34. The van der Waals surface area contributed by atoms with Gasteiger partial charge in [-0.25, -0.2) is 0 Å². The van der Waals surface area contributed by atoms with Gasteiger partial charge in [-0.15, -0.1) is 24.0 Å². The maximum Gasteiger partial charge on any atom is 0.193 e. The van der Waals surface area contributed by atoms with E-state index >= 15 is 0 Å². The lowest BCUT2D eigenvalue weighted by atomic mass is 9.78. The van der Waals surface area contributed by atoms with Crippen molar-refractivity contribution in [1.29, 1.82) is 0 Å². The summed E-state index contributed by atoms with van der Waals surface area (Å²) >= 11 is 0. The zero-order valence-electron chi connectivity index (χ0n) is 18.5. The summed E-state index contributed by atoms with van der Waals surface area (Å²) in [4.78, 5) is 7.41. The van der Waals surface area contributed by atoms with E-state index in [9.17, 15) is 0 Å². The normalized spacial score (nSPS) is 26.2. The van der Waals surface area contributed by atoms with Crippen molar-refractivity contribution in [2.45, 2.75) is 53.1 Å². The Morgan fingerprint density at radius 2 is 2.04 bits per heavy atom. The minimum Gasteiger partial charge on any atom is -0.382 e. The van der Waals surface area contributed by atoms with E-state index in [1.165, 1.54) is 6.42 Å². The van der Waals surface area contributed by atoms with Gasteiger partial charge in [-0.05, 0) is 31.6 Å². The average molecular weight is 511 g/mol. The van der Waals surface area contributed by atoms with E-state index in [1.807, 2.05) is 0 Å². The standard InChI is InChI=1S/C21H41N3O3.HI/c1-6-22-20(24-10-9-17(15-24)16-26-13-12-25-5)23-14-18-8-7-11-27-19(18)21(2,3)4;/h17-19H,6-16H2,1-5H3,(H,22,23);1H. The van der Waals surface area contributed by atoms with Crippen LogP contribution in [0.15, 0.2) is 4.99 Å². The Labute approximate surface area is 189 Å². The lowest BCUT2D eigenvalue weighted by Crippen LogP contribution is -2.43. The first-order valence-corrected chi connectivity index (χ1v) is 10.7. The first-order valence-electron chi connectivity index (χ1n) is 10.7. The van der Waals surface area contributed by atoms with Crippen LogP contribution in [0.5, 0.6) is 0 Å². The third-order valence-electron chi connectivity index (χ3n) is 5.48. The quantitative estimate of drug-likeness (QED) is 0.234. The van der Waals surface area contributed by atoms with E-state index in [0.29, 0.717) is 31.2 Å². The highest BCUT2D eigenvalue weighted by Gasteiger charge is 2.35. The van der Waals surface area contributed by atoms with E-state index in [0.717, 1.165) is 58.2 Å². The van der Waals surface area contributed by atoms with Gasteiger partial charge in [0.25, 0.3) is 0 Å². The van der Waals surface area contributed by atoms with Crippen molar-refractivity contribution in [2.75, 3.05) is 59.7 Å². The molecule has 2 aliphatic rings. The Morgan fingerprint density at radius 3 is 2.71 bits per heavy atom. The number of nitrogens with zero attached hydrogens (tertiary/aromatic N) is 2. The lowest BCUT2D eigenvalue weighted by molar-refractivity contribution is -0.0824. The molecule has 3 atom stereocenters. The number of halogens is 1. The molecule has 0 bridgehead atoms. The fraction of sp³-hybridized carbons (Fsp3) is 0.952. The molecule has 0 aromatic rings. The van der Waals surface area contributed by atoms with E-state index < -0.39 is 0 Å². The van der Waals surface area contributed by atoms with Crippen molar-refractivity contribution in [3.63, 3.8) is 0 Å². The maximum absolute atomic E-state index is 6.12. The molecule has 2 rings (SSSR count). The number of guanidine groups is 1. The highest BCUT2D eigenvalue weighted by molar-refractivity contribution is 14.0. The summed E-state index contributed by atoms with van der Waals surface area (Å²) in [6, 6.07) is 0. The summed E-state index contributed by atoms with van der Waals surface area (Å²) < 4.78 is 16.9. The molecule has 0 saturated carbocycles. The zero-order valence-corrected chi connectivity index (χ0v) is 20.9. The second-order valence-corrected chi connectivity index (χ2v) is 8.92. The van der Waals surface area contributed by atoms with Crippen LogP contribution in [0.4, 0.5) is 0 Å². The summed E-state index contributed by atoms with van der Waals surface area (Å²) in [6.45, 7) is 15.8. The van der Waals surface area contributed by atoms with Gasteiger partial charge in [0.05, 0.1) is 25.9 Å². The van der Waals surface area contributed by atoms with Gasteiger partial charge >= 0.3 is 0 Å². The minimum absolute atomic E-state index is 0. The van der Waals surface area contributed by atoms with Crippen molar-refractivity contribution in [3.8, 4) is 0 Å². The van der Waals surface area contributed by atoms with E-state index in [4.69, 9.17) is 19.2 Å². The van der Waals surface area contributed by atoms with Gasteiger partial charge in [0.2, 0.25) is 0 Å². The second kappa shape index (κ2) is 13.2. The number of hydrogen-bond acceptors (Lipinski definition) is 4. The minimum atomic E-state index is 0. The molecule has 2 heterocycles. The fourth-order valence-electron chi connectivity index (χ4n) is 4.17. The predicted molar refractivity (Wildman–Crippen MR) is 126 cm³/mol. The molecular formula is C21H42IN3O3. The van der Waals surface area contributed by atoms with Gasteiger partial charge in [-0.1, -0.05) is 20.8 Å². The van der Waals surface area contributed by atoms with Crippen molar-refractivity contribution < 1.29 is 14.2 Å². The summed E-state index contributed by atoms with van der Waals surface area (Å²) in [5, 5.41) is 3.49. The first-order chi connectivity index (χ1) is 13.0. The molecule has 7 heteroatoms. The molecule has 0 spiro atoms. The van der Waals surface area contributed by atoms with Gasteiger partial charge in [-0.3, -0.25) is 4.99 Å². The SMILES string of the molecule is CCNC(=NCC1CCCOC1C(C)(C)C)N1CCC(COCCOC)C1.I. The molecule has 2 fully saturated rings. The van der Waals surface area contributed by atoms with Crippen molar-refractivity contribution in [3.05, 3.63) is 0 Å². The molecule has 6 nitrogen and oxygen atoms in total. The van der Waals surface area contributed by atoms with Crippen LogP contribution in [0.1, 0.15) is 47.0 Å². The Hall–Kier alpha value is -0.120. The predicted octanol–water partition coefficient (Wildman–Crippen LogP) is 3.40. The zero-order chi connectivity index (χ0) is 19.7. The molecule has 0 radical (unpaired) electrons. The average Bonchev–Trinajstić information content (AvgIpc) is 3.10. The Bertz CT molecular complexity index is 457. The van der Waals surface area contributed by atoms with Gasteiger partial charge in [0, 0.05) is 51.7 Å². The molecule has 0 aromatic heterocycles. The van der Waals surface area contributed by atoms with Gasteiger partial charge < -0.3 is 24.4 Å². The van der Waals surface area contributed by atoms with Gasteiger partial charge in [0.15, 0.2) is 5.96 Å². The maximum atomic E-state index is 6.12. The van der Waals surface area contributed by atoms with Crippen LogP contribution in [-0.4, -0.2) is 76.7 Å². The fourth-order valence-corrected chi connectivity index (χ4v) is 4.17. The van der Waals surface area contributed by atoms with Crippen LogP contribution in [0.3, 0.4) is 0 Å². The topological polar surface area (TPSA) is 55.3 Å². The second-order valence-electron chi connectivity index (χ2n) is 8.92. The van der Waals surface area contributed by atoms with E-state index in [1.54, 1.807) is 7.11 Å². The molecule has 2 saturated heterocycles. The monoisotopic (exact) mass is 511 g/mol. The molecular weight excluding hydrogens is 469 g/mol. The van der Waals surface area contributed by atoms with Crippen LogP contribution in [0, 0.1) is 17.3 Å². The third-order valence-corrected chi connectivity index (χ3v) is 5.48. The Kier molecular flexibility index (Phi) is 12.3. The number of nitrogens with one attached hydrogen (secondary N) is 1. The van der Waals surface area contributed by atoms with Crippen LogP contribution in [-0.2, 0) is 14.2 Å². The van der Waals surface area contributed by atoms with Crippen LogP contribution in [0.2, 0.25) is 0 Å². The lowest BCUT2D eigenvalue weighted by Gasteiger charge is -2.39. The van der Waals surface area contributed by atoms with Crippen LogP contribution in [0.25, 0.3) is 0 Å². The number of hydrogen-bond donors (Lipinski definition) is 1. The molecule has 2 aliphatic heterocycles. The van der Waals surface area contributed by atoms with Crippen LogP contribution >= 0.6 is 24.0 Å². The smallest absolute Gasteiger partial charge is 0.193 e. The largest absolute Gasteiger partial charge is 0.382 e. The van der Waals surface area contributed by atoms with Crippen LogP contribution < -0.4 is 5.32 Å². The molecule has 0 amide bonds. The number of aliphatic imine (C=N–C) groups is 1. The Morgan fingerprint density at radius 1 is 1.25 bits per heavy atom. The van der Waals surface area contributed by atoms with Crippen molar-refractivity contribution in [1.82, 2.24) is 10.2 Å².